The summed E-state index contributed by atoms with van der Waals surface area (Å²) in [5, 5.41) is 5.39. The highest BCUT2D eigenvalue weighted by Gasteiger charge is 2.30. The lowest BCUT2D eigenvalue weighted by Crippen LogP contribution is -2.23. The Labute approximate surface area is 155 Å². The van der Waals surface area contributed by atoms with Crippen LogP contribution in [-0.2, 0) is 0 Å². The number of benzene rings is 1. The van der Waals surface area contributed by atoms with E-state index in [4.69, 9.17) is 11.6 Å². The molecule has 0 unspecified atom stereocenters. The van der Waals surface area contributed by atoms with Crippen molar-refractivity contribution in [1.29, 1.82) is 0 Å². The third-order valence-electron chi connectivity index (χ3n) is 3.10. The monoisotopic (exact) mass is 489 g/mol. The van der Waals surface area contributed by atoms with Crippen molar-refractivity contribution in [3.63, 3.8) is 0 Å². The Morgan fingerprint density at radius 2 is 1.80 bits per heavy atom. The van der Waals surface area contributed by atoms with Crippen molar-refractivity contribution in [3.8, 4) is 11.1 Å². The predicted molar refractivity (Wildman–Crippen MR) is 88.4 cm³/mol. The molecule has 0 amide bonds. The molecule has 1 N–H and O–H groups in total. The van der Waals surface area contributed by atoms with Gasteiger partial charge in [0.15, 0.2) is 0 Å². The van der Waals surface area contributed by atoms with Gasteiger partial charge in [0.1, 0.15) is 35.5 Å². The van der Waals surface area contributed by atoms with Crippen LogP contribution in [0.4, 0.5) is 27.8 Å². The molecule has 0 aliphatic carbocycles. The molecule has 2 heterocycles. The van der Waals surface area contributed by atoms with Gasteiger partial charge in [-0.05, 0) is 34.7 Å². The van der Waals surface area contributed by atoms with Crippen molar-refractivity contribution in [2.45, 2.75) is 6.18 Å². The van der Waals surface area contributed by atoms with Crippen molar-refractivity contribution in [2.24, 2.45) is 0 Å². The van der Waals surface area contributed by atoms with Gasteiger partial charge in [-0.25, -0.2) is 8.78 Å². The van der Waals surface area contributed by atoms with E-state index in [9.17, 15) is 22.0 Å². The summed E-state index contributed by atoms with van der Waals surface area (Å²) in [5.41, 5.74) is -0.990. The first-order chi connectivity index (χ1) is 11.7. The number of hydrogen-bond donors (Lipinski definition) is 1. The molecule has 0 bridgehead atoms. The molecule has 2 aromatic heterocycles. The van der Waals surface area contributed by atoms with E-state index in [0.29, 0.717) is 0 Å². The summed E-state index contributed by atoms with van der Waals surface area (Å²) >= 11 is 7.69. The fourth-order valence-electron chi connectivity index (χ4n) is 2.17. The highest BCUT2D eigenvalue weighted by molar-refractivity contribution is 14.1. The van der Waals surface area contributed by atoms with E-state index in [1.165, 1.54) is 0 Å². The van der Waals surface area contributed by atoms with Gasteiger partial charge in [-0.15, -0.1) is 0 Å². The summed E-state index contributed by atoms with van der Waals surface area (Å²) < 4.78 is 67.6. The third-order valence-corrected chi connectivity index (χ3v) is 3.99. The van der Waals surface area contributed by atoms with Gasteiger partial charge in [0.25, 0.3) is 5.78 Å². The molecule has 1 aromatic carbocycles. The van der Waals surface area contributed by atoms with Crippen LogP contribution in [0.3, 0.4) is 0 Å². The lowest BCUT2D eigenvalue weighted by atomic mass is 10.1. The number of rotatable bonds is 3. The number of aromatic nitrogens is 4. The molecule has 25 heavy (non-hydrogen) atoms. The van der Waals surface area contributed by atoms with E-state index in [1.807, 2.05) is 0 Å². The van der Waals surface area contributed by atoms with E-state index in [2.05, 4.69) is 20.4 Å². The first-order valence-electron chi connectivity index (χ1n) is 6.52. The smallest absolute Gasteiger partial charge is 0.360 e. The Kier molecular flexibility index (Phi) is 4.70. The van der Waals surface area contributed by atoms with E-state index in [0.717, 1.165) is 23.0 Å². The van der Waals surface area contributed by atoms with Crippen LogP contribution >= 0.6 is 34.2 Å². The van der Waals surface area contributed by atoms with E-state index in [-0.39, 0.29) is 20.7 Å². The number of nitrogens with zero attached hydrogens (tertiary/aromatic N) is 4. The zero-order chi connectivity index (χ0) is 18.4. The van der Waals surface area contributed by atoms with Gasteiger partial charge >= 0.3 is 6.18 Å². The quantitative estimate of drug-likeness (QED) is 0.339. The van der Waals surface area contributed by atoms with Gasteiger partial charge in [0.05, 0.1) is 11.1 Å². The second kappa shape index (κ2) is 6.52. The maximum atomic E-state index is 14.3. The highest BCUT2D eigenvalue weighted by Crippen LogP contribution is 2.38. The summed E-state index contributed by atoms with van der Waals surface area (Å²) in [6, 6.07) is 2.04. The standard InChI is InChI=1S/C13H6ClF5IN5/c14-10-9(8-6(15)1-5(20)2-7(8)16)11(21-3-13(17,18)19)25-12(24-10)22-4-23-25/h1-2,4,21H,3H2. The number of hydrogen-bond acceptors (Lipinski definition) is 4. The van der Waals surface area contributed by atoms with Crippen LogP contribution in [0.5, 0.6) is 0 Å². The van der Waals surface area contributed by atoms with Gasteiger partial charge in [0, 0.05) is 3.57 Å². The Balaban J connectivity index is 2.29. The second-order valence-corrected chi connectivity index (χ2v) is 6.41. The minimum absolute atomic E-state index is 0.121. The van der Waals surface area contributed by atoms with Crippen LogP contribution in [0.25, 0.3) is 16.9 Å². The van der Waals surface area contributed by atoms with Gasteiger partial charge < -0.3 is 5.32 Å². The van der Waals surface area contributed by atoms with E-state index >= 15 is 0 Å². The summed E-state index contributed by atoms with van der Waals surface area (Å²) in [6.07, 6.45) is -3.55. The van der Waals surface area contributed by atoms with Gasteiger partial charge in [-0.1, -0.05) is 11.6 Å². The van der Waals surface area contributed by atoms with Crippen LogP contribution < -0.4 is 5.32 Å². The molecule has 0 saturated carbocycles. The maximum Gasteiger partial charge on any atom is 0.405 e. The molecule has 0 radical (unpaired) electrons. The molecule has 12 heteroatoms. The van der Waals surface area contributed by atoms with E-state index in [1.54, 1.807) is 22.6 Å². The molecule has 3 rings (SSSR count). The summed E-state index contributed by atoms with van der Waals surface area (Å²) in [6.45, 7) is -1.47. The Morgan fingerprint density at radius 1 is 1.16 bits per heavy atom. The fourth-order valence-corrected chi connectivity index (χ4v) is 2.97. The number of anilines is 1. The van der Waals surface area contributed by atoms with Crippen LogP contribution in [0.1, 0.15) is 0 Å². The number of halogens is 7. The van der Waals surface area contributed by atoms with Gasteiger partial charge in [0.2, 0.25) is 0 Å². The number of nitrogens with one attached hydrogen (secondary N) is 1. The summed E-state index contributed by atoms with van der Waals surface area (Å²) in [7, 11) is 0. The zero-order valence-electron chi connectivity index (χ0n) is 11.9. The molecule has 0 spiro atoms. The molecular formula is C13H6ClF5IN5. The number of alkyl halides is 3. The molecule has 3 aromatic rings. The fraction of sp³-hybridized carbons (Fsp3) is 0.154. The predicted octanol–water partition coefficient (Wildman–Crippen LogP) is 4.30. The van der Waals surface area contributed by atoms with E-state index < -0.39 is 35.1 Å². The zero-order valence-corrected chi connectivity index (χ0v) is 14.8. The molecule has 5 nitrogen and oxygen atoms in total. The molecule has 0 saturated heterocycles. The van der Waals surface area contributed by atoms with Gasteiger partial charge in [-0.2, -0.15) is 32.8 Å². The summed E-state index contributed by atoms with van der Waals surface area (Å²) in [5.74, 6) is -2.49. The Morgan fingerprint density at radius 3 is 2.40 bits per heavy atom. The van der Waals surface area contributed by atoms with Crippen molar-refractivity contribution >= 4 is 45.8 Å². The van der Waals surface area contributed by atoms with Crippen molar-refractivity contribution in [3.05, 3.63) is 38.8 Å². The first kappa shape index (κ1) is 18.0. The molecule has 0 aliphatic heterocycles. The lowest BCUT2D eigenvalue weighted by molar-refractivity contribution is -0.115. The first-order valence-corrected chi connectivity index (χ1v) is 7.98. The van der Waals surface area contributed by atoms with Crippen molar-refractivity contribution in [2.75, 3.05) is 11.9 Å². The SMILES string of the molecule is Fc1cc(I)cc(F)c1-c1c(Cl)nc2ncnn2c1NCC(F)(F)F. The van der Waals surface area contributed by atoms with Gasteiger partial charge in [-0.3, -0.25) is 0 Å². The van der Waals surface area contributed by atoms with Crippen molar-refractivity contribution < 1.29 is 22.0 Å². The highest BCUT2D eigenvalue weighted by atomic mass is 127. The second-order valence-electron chi connectivity index (χ2n) is 4.81. The number of fused-ring (bicyclic) bond motifs is 1. The Bertz CT molecular complexity index is 935. The molecule has 0 aliphatic rings. The van der Waals surface area contributed by atoms with Crippen LogP contribution in [0.2, 0.25) is 5.15 Å². The Hall–Kier alpha value is -1.76. The van der Waals surface area contributed by atoms with Crippen molar-refractivity contribution in [1.82, 2.24) is 19.6 Å². The third kappa shape index (κ3) is 3.61. The summed E-state index contributed by atoms with van der Waals surface area (Å²) in [4.78, 5) is 7.54. The minimum Gasteiger partial charge on any atom is -0.360 e. The molecule has 0 fully saturated rings. The topological polar surface area (TPSA) is 55.1 Å². The molecular weight excluding hydrogens is 484 g/mol. The molecule has 132 valence electrons. The average Bonchev–Trinajstić information content (AvgIpc) is 2.92. The van der Waals surface area contributed by atoms with Crippen LogP contribution in [0.15, 0.2) is 18.5 Å². The normalized spacial score (nSPS) is 12.0. The average molecular weight is 490 g/mol. The largest absolute Gasteiger partial charge is 0.405 e. The molecule has 0 atom stereocenters. The maximum absolute atomic E-state index is 14.3. The van der Waals surface area contributed by atoms with Crippen LogP contribution in [0, 0.1) is 15.2 Å². The van der Waals surface area contributed by atoms with Crippen LogP contribution in [-0.4, -0.2) is 32.3 Å². The lowest BCUT2D eigenvalue weighted by Gasteiger charge is -2.16. The minimum atomic E-state index is -4.58.